The van der Waals surface area contributed by atoms with E-state index in [-0.39, 0.29) is 11.5 Å². The molecule has 0 aliphatic heterocycles. The van der Waals surface area contributed by atoms with Gasteiger partial charge in [0.2, 0.25) is 0 Å². The highest BCUT2D eigenvalue weighted by atomic mass is 35.5. The zero-order valence-electron chi connectivity index (χ0n) is 12.1. The SMILES string of the molecule is CCCNC(=O)/C(C#N)=C(/NCc1cccc(Cl)c1)SC. The normalized spacial score (nSPS) is 11.3. The first-order valence-corrected chi connectivity index (χ1v) is 8.17. The molecule has 21 heavy (non-hydrogen) atoms. The first kappa shape index (κ1) is 17.4. The summed E-state index contributed by atoms with van der Waals surface area (Å²) in [5.41, 5.74) is 1.10. The minimum atomic E-state index is -0.345. The summed E-state index contributed by atoms with van der Waals surface area (Å²) in [5, 5.41) is 16.2. The smallest absolute Gasteiger partial charge is 0.264 e. The summed E-state index contributed by atoms with van der Waals surface area (Å²) in [6.07, 6.45) is 2.65. The van der Waals surface area contributed by atoms with Crippen molar-refractivity contribution in [3.63, 3.8) is 0 Å². The Morgan fingerprint density at radius 3 is 2.76 bits per heavy atom. The summed E-state index contributed by atoms with van der Waals surface area (Å²) in [4.78, 5) is 11.9. The van der Waals surface area contributed by atoms with Crippen molar-refractivity contribution in [1.82, 2.24) is 10.6 Å². The highest BCUT2D eigenvalue weighted by Crippen LogP contribution is 2.16. The minimum Gasteiger partial charge on any atom is -0.375 e. The summed E-state index contributed by atoms with van der Waals surface area (Å²) in [6.45, 7) is 3.02. The molecule has 0 fully saturated rings. The fraction of sp³-hybridized carbons (Fsp3) is 0.333. The number of hydrogen-bond acceptors (Lipinski definition) is 4. The maximum Gasteiger partial charge on any atom is 0.264 e. The summed E-state index contributed by atoms with van der Waals surface area (Å²) in [6, 6.07) is 9.40. The molecule has 0 heterocycles. The number of amides is 1. The number of thioether (sulfide) groups is 1. The lowest BCUT2D eigenvalue weighted by Gasteiger charge is -2.11. The highest BCUT2D eigenvalue weighted by molar-refractivity contribution is 8.02. The van der Waals surface area contributed by atoms with Gasteiger partial charge >= 0.3 is 0 Å². The Balaban J connectivity index is 2.81. The predicted molar refractivity (Wildman–Crippen MR) is 87.7 cm³/mol. The third kappa shape index (κ3) is 5.70. The van der Waals surface area contributed by atoms with Crippen molar-refractivity contribution in [2.24, 2.45) is 0 Å². The topological polar surface area (TPSA) is 64.9 Å². The Morgan fingerprint density at radius 2 is 2.19 bits per heavy atom. The third-order valence-corrected chi connectivity index (χ3v) is 3.64. The van der Waals surface area contributed by atoms with Gasteiger partial charge in [-0.3, -0.25) is 4.79 Å². The van der Waals surface area contributed by atoms with E-state index in [1.165, 1.54) is 11.8 Å². The van der Waals surface area contributed by atoms with Crippen LogP contribution in [0.4, 0.5) is 0 Å². The zero-order chi connectivity index (χ0) is 15.7. The molecular weight excluding hydrogens is 306 g/mol. The van der Waals surface area contributed by atoms with Crippen LogP contribution in [-0.4, -0.2) is 18.7 Å². The van der Waals surface area contributed by atoms with Gasteiger partial charge in [0.1, 0.15) is 11.6 Å². The lowest BCUT2D eigenvalue weighted by atomic mass is 10.2. The molecule has 1 rings (SSSR count). The molecule has 0 aliphatic carbocycles. The number of nitrogens with one attached hydrogen (secondary N) is 2. The molecule has 0 bridgehead atoms. The van der Waals surface area contributed by atoms with Crippen molar-refractivity contribution in [2.75, 3.05) is 12.8 Å². The molecule has 0 unspecified atom stereocenters. The van der Waals surface area contributed by atoms with Crippen molar-refractivity contribution >= 4 is 29.3 Å². The Labute approximate surface area is 134 Å². The number of rotatable bonds is 7. The molecule has 4 nitrogen and oxygen atoms in total. The van der Waals surface area contributed by atoms with E-state index in [2.05, 4.69) is 10.6 Å². The van der Waals surface area contributed by atoms with E-state index < -0.39 is 0 Å². The van der Waals surface area contributed by atoms with Gasteiger partial charge in [-0.2, -0.15) is 5.26 Å². The Morgan fingerprint density at radius 1 is 1.43 bits per heavy atom. The molecule has 0 radical (unpaired) electrons. The molecule has 6 heteroatoms. The first-order chi connectivity index (χ1) is 10.1. The average Bonchev–Trinajstić information content (AvgIpc) is 2.49. The Bertz CT molecular complexity index is 566. The number of carbonyl (C=O) groups excluding carboxylic acids is 1. The number of nitriles is 1. The van der Waals surface area contributed by atoms with E-state index in [9.17, 15) is 10.1 Å². The summed E-state index contributed by atoms with van der Waals surface area (Å²) >= 11 is 7.27. The van der Waals surface area contributed by atoms with Gasteiger partial charge in [0, 0.05) is 18.1 Å². The van der Waals surface area contributed by atoms with Crippen LogP contribution in [0.1, 0.15) is 18.9 Å². The van der Waals surface area contributed by atoms with Crippen LogP contribution in [0.15, 0.2) is 34.9 Å². The molecular formula is C15H18ClN3OS. The molecule has 0 saturated carbocycles. The van der Waals surface area contributed by atoms with Gasteiger partial charge in [-0.15, -0.1) is 11.8 Å². The second-order valence-corrected chi connectivity index (χ2v) is 5.51. The van der Waals surface area contributed by atoms with Crippen molar-refractivity contribution in [1.29, 1.82) is 5.26 Å². The standard InChI is InChI=1S/C15H18ClN3OS/c1-3-7-18-14(20)13(9-17)15(21-2)19-10-11-5-4-6-12(16)8-11/h4-6,8,19H,3,7,10H2,1-2H3,(H,18,20)/b15-13-. The molecule has 0 aromatic heterocycles. The first-order valence-electron chi connectivity index (χ1n) is 6.57. The van der Waals surface area contributed by atoms with Crippen LogP contribution >= 0.6 is 23.4 Å². The van der Waals surface area contributed by atoms with Crippen LogP contribution < -0.4 is 10.6 Å². The average molecular weight is 324 g/mol. The van der Waals surface area contributed by atoms with Crippen LogP contribution in [0.2, 0.25) is 5.02 Å². The lowest BCUT2D eigenvalue weighted by molar-refractivity contribution is -0.117. The van der Waals surface area contributed by atoms with E-state index >= 15 is 0 Å². The largest absolute Gasteiger partial charge is 0.375 e. The monoisotopic (exact) mass is 323 g/mol. The van der Waals surface area contributed by atoms with E-state index in [0.717, 1.165) is 12.0 Å². The Kier molecular flexibility index (Phi) is 7.73. The summed E-state index contributed by atoms with van der Waals surface area (Å²) in [7, 11) is 0. The molecule has 1 aromatic rings. The maximum absolute atomic E-state index is 11.9. The molecule has 0 aliphatic rings. The number of carbonyl (C=O) groups is 1. The van der Waals surface area contributed by atoms with Gasteiger partial charge in [0.05, 0.1) is 5.03 Å². The van der Waals surface area contributed by atoms with Gasteiger partial charge in [-0.1, -0.05) is 30.7 Å². The molecule has 2 N–H and O–H groups in total. The number of hydrogen-bond donors (Lipinski definition) is 2. The quantitative estimate of drug-likeness (QED) is 0.598. The van der Waals surface area contributed by atoms with Crippen LogP contribution in [0, 0.1) is 11.3 Å². The second-order valence-electron chi connectivity index (χ2n) is 4.26. The van der Waals surface area contributed by atoms with Crippen molar-refractivity contribution in [2.45, 2.75) is 19.9 Å². The molecule has 1 aromatic carbocycles. The van der Waals surface area contributed by atoms with Crippen molar-refractivity contribution in [3.05, 3.63) is 45.5 Å². The predicted octanol–water partition coefficient (Wildman–Crippen LogP) is 3.05. The van der Waals surface area contributed by atoms with Crippen molar-refractivity contribution < 1.29 is 4.79 Å². The maximum atomic E-state index is 11.9. The number of benzene rings is 1. The fourth-order valence-electron chi connectivity index (χ4n) is 1.62. The van der Waals surface area contributed by atoms with Gasteiger partial charge in [0.25, 0.3) is 5.91 Å². The fourth-order valence-corrected chi connectivity index (χ4v) is 2.40. The summed E-state index contributed by atoms with van der Waals surface area (Å²) in [5.74, 6) is -0.345. The van der Waals surface area contributed by atoms with Crippen LogP contribution in [0.3, 0.4) is 0 Å². The van der Waals surface area contributed by atoms with E-state index in [4.69, 9.17) is 11.6 Å². The minimum absolute atomic E-state index is 0.109. The van der Waals surface area contributed by atoms with E-state index in [1.54, 1.807) is 6.07 Å². The van der Waals surface area contributed by atoms with Gasteiger partial charge < -0.3 is 10.6 Å². The molecule has 0 atom stereocenters. The van der Waals surface area contributed by atoms with Crippen molar-refractivity contribution in [3.8, 4) is 6.07 Å². The van der Waals surface area contributed by atoms with Gasteiger partial charge in [-0.25, -0.2) is 0 Å². The number of halogens is 1. The number of nitrogens with zero attached hydrogens (tertiary/aromatic N) is 1. The second kappa shape index (κ2) is 9.32. The zero-order valence-corrected chi connectivity index (χ0v) is 13.6. The van der Waals surface area contributed by atoms with E-state index in [1.807, 2.05) is 37.4 Å². The van der Waals surface area contributed by atoms with E-state index in [0.29, 0.717) is 23.1 Å². The summed E-state index contributed by atoms with van der Waals surface area (Å²) < 4.78 is 0. The lowest BCUT2D eigenvalue weighted by Crippen LogP contribution is -2.27. The third-order valence-electron chi connectivity index (χ3n) is 2.65. The van der Waals surface area contributed by atoms with Crippen LogP contribution in [0.5, 0.6) is 0 Å². The van der Waals surface area contributed by atoms with Gasteiger partial charge in [0.15, 0.2) is 0 Å². The molecule has 0 spiro atoms. The molecule has 112 valence electrons. The Hall–Kier alpha value is -1.64. The van der Waals surface area contributed by atoms with Gasteiger partial charge in [-0.05, 0) is 30.4 Å². The highest BCUT2D eigenvalue weighted by Gasteiger charge is 2.14. The molecule has 1 amide bonds. The molecule has 0 saturated heterocycles. The van der Waals surface area contributed by atoms with Crippen LogP contribution in [0.25, 0.3) is 0 Å². The van der Waals surface area contributed by atoms with Crippen LogP contribution in [-0.2, 0) is 11.3 Å².